The number of hydrogen-bond donors (Lipinski definition) is 1. The summed E-state index contributed by atoms with van der Waals surface area (Å²) < 4.78 is 0. The van der Waals surface area contributed by atoms with Gasteiger partial charge in [0.15, 0.2) is 0 Å². The number of carbonyl (C=O) groups is 1. The Hall–Kier alpha value is -0.570. The molecular formula is C6H14O3. The molecule has 0 aliphatic rings. The smallest absolute Gasteiger partial charge is 0.300 e. The fourth-order valence-electron chi connectivity index (χ4n) is 0.137. The second kappa shape index (κ2) is 3.45. The van der Waals surface area contributed by atoms with Crippen molar-refractivity contribution in [3.05, 3.63) is 0 Å². The van der Waals surface area contributed by atoms with Gasteiger partial charge in [0.1, 0.15) is 0 Å². The van der Waals surface area contributed by atoms with Crippen LogP contribution in [0.1, 0.15) is 28.2 Å². The minimum absolute atomic E-state index is 0. The molecule has 0 aliphatic heterocycles. The van der Waals surface area contributed by atoms with Crippen molar-refractivity contribution in [3.63, 3.8) is 0 Å². The van der Waals surface area contributed by atoms with Gasteiger partial charge in [0.2, 0.25) is 0 Å². The summed E-state index contributed by atoms with van der Waals surface area (Å²) in [5.74, 6) is -0.613. The van der Waals surface area contributed by atoms with Gasteiger partial charge in [-0.2, -0.15) is 5.26 Å². The predicted octanol–water partition coefficient (Wildman–Crippen LogP) is 1.68. The van der Waals surface area contributed by atoms with Crippen LogP contribution in [0, 0.1) is 5.41 Å². The zero-order valence-electron chi connectivity index (χ0n) is 5.26. The van der Waals surface area contributed by atoms with Crippen LogP contribution in [0.4, 0.5) is 0 Å². The molecule has 0 amide bonds. The van der Waals surface area contributed by atoms with Crippen LogP contribution in [-0.4, -0.2) is 11.2 Å². The summed E-state index contributed by atoms with van der Waals surface area (Å²) in [6.45, 7) is 4.97. The Bertz CT molecular complexity index is 91.0. The van der Waals surface area contributed by atoms with Gasteiger partial charge >= 0.3 is 5.97 Å². The molecule has 0 heterocycles. The summed E-state index contributed by atoms with van der Waals surface area (Å²) in [4.78, 5) is 13.8. The summed E-state index contributed by atoms with van der Waals surface area (Å²) >= 11 is 0. The van der Waals surface area contributed by atoms with Crippen LogP contribution in [0.25, 0.3) is 0 Å². The first-order valence-corrected chi connectivity index (χ1v) is 2.34. The maximum absolute atomic E-state index is 10.4. The van der Waals surface area contributed by atoms with Gasteiger partial charge in [-0.1, -0.05) is 7.43 Å². The zero-order valence-corrected chi connectivity index (χ0v) is 5.26. The molecule has 0 aromatic rings. The van der Waals surface area contributed by atoms with Crippen molar-refractivity contribution in [2.45, 2.75) is 28.2 Å². The maximum atomic E-state index is 10.4. The molecule has 9 heavy (non-hydrogen) atoms. The van der Waals surface area contributed by atoms with Gasteiger partial charge in [-0.15, -0.1) is 0 Å². The third-order valence-corrected chi connectivity index (χ3v) is 0.695. The van der Waals surface area contributed by atoms with Crippen molar-refractivity contribution >= 4 is 5.97 Å². The van der Waals surface area contributed by atoms with Crippen LogP contribution >= 0.6 is 0 Å². The van der Waals surface area contributed by atoms with E-state index in [1.165, 1.54) is 0 Å². The van der Waals surface area contributed by atoms with Crippen molar-refractivity contribution in [2.24, 2.45) is 5.41 Å². The average molecular weight is 134 g/mol. The van der Waals surface area contributed by atoms with Crippen molar-refractivity contribution in [1.82, 2.24) is 0 Å². The fraction of sp³-hybridized carbons (Fsp3) is 0.833. The molecule has 0 unspecified atom stereocenters. The number of rotatable bonds is 0. The van der Waals surface area contributed by atoms with Crippen LogP contribution < -0.4 is 0 Å². The van der Waals surface area contributed by atoms with E-state index in [0.29, 0.717) is 0 Å². The Kier molecular flexibility index (Phi) is 4.32. The lowest BCUT2D eigenvalue weighted by atomic mass is 9.98. The summed E-state index contributed by atoms with van der Waals surface area (Å²) in [5, 5.41) is 7.82. The van der Waals surface area contributed by atoms with Crippen LogP contribution in [0.2, 0.25) is 0 Å². The largest absolute Gasteiger partial charge is 0.347 e. The van der Waals surface area contributed by atoms with E-state index in [2.05, 4.69) is 4.89 Å². The quantitative estimate of drug-likeness (QED) is 0.405. The monoisotopic (exact) mass is 134 g/mol. The van der Waals surface area contributed by atoms with Crippen LogP contribution in [0.5, 0.6) is 0 Å². The SMILES string of the molecule is C.CC(C)(C)C(=O)OO. The van der Waals surface area contributed by atoms with E-state index in [1.807, 2.05) is 0 Å². The van der Waals surface area contributed by atoms with Crippen molar-refractivity contribution < 1.29 is 14.9 Å². The lowest BCUT2D eigenvalue weighted by Crippen LogP contribution is -2.21. The lowest BCUT2D eigenvalue weighted by Gasteiger charge is -2.11. The first kappa shape index (κ1) is 11.3. The Labute approximate surface area is 55.6 Å². The second-order valence-electron chi connectivity index (χ2n) is 2.63. The molecule has 0 bridgehead atoms. The van der Waals surface area contributed by atoms with E-state index in [-0.39, 0.29) is 7.43 Å². The standard InChI is InChI=1S/C5H10O3.CH4/c1-5(2,3)4(6)8-7;/h7H,1-3H3;1H4. The van der Waals surface area contributed by atoms with Crippen molar-refractivity contribution in [2.75, 3.05) is 0 Å². The lowest BCUT2D eigenvalue weighted by molar-refractivity contribution is -0.243. The summed E-state index contributed by atoms with van der Waals surface area (Å²) in [5.41, 5.74) is -0.602. The third kappa shape index (κ3) is 3.97. The Morgan fingerprint density at radius 2 is 1.78 bits per heavy atom. The van der Waals surface area contributed by atoms with Gasteiger partial charge < -0.3 is 4.89 Å². The third-order valence-electron chi connectivity index (χ3n) is 0.695. The zero-order chi connectivity index (χ0) is 6.78. The minimum atomic E-state index is -0.613. The Balaban J connectivity index is 0. The molecule has 0 radical (unpaired) electrons. The number of carbonyl (C=O) groups excluding carboxylic acids is 1. The van der Waals surface area contributed by atoms with Crippen LogP contribution in [0.3, 0.4) is 0 Å². The molecule has 1 N–H and O–H groups in total. The first-order valence-electron chi connectivity index (χ1n) is 2.34. The van der Waals surface area contributed by atoms with E-state index in [1.54, 1.807) is 20.8 Å². The van der Waals surface area contributed by atoms with Crippen LogP contribution in [-0.2, 0) is 9.68 Å². The van der Waals surface area contributed by atoms with Crippen molar-refractivity contribution in [3.8, 4) is 0 Å². The van der Waals surface area contributed by atoms with Crippen LogP contribution in [0.15, 0.2) is 0 Å². The summed E-state index contributed by atoms with van der Waals surface area (Å²) in [6, 6.07) is 0. The fourth-order valence-corrected chi connectivity index (χ4v) is 0.137. The second-order valence-corrected chi connectivity index (χ2v) is 2.63. The van der Waals surface area contributed by atoms with E-state index in [0.717, 1.165) is 0 Å². The highest BCUT2D eigenvalue weighted by Gasteiger charge is 2.22. The maximum Gasteiger partial charge on any atom is 0.347 e. The highest BCUT2D eigenvalue weighted by Crippen LogP contribution is 2.13. The molecule has 3 nitrogen and oxygen atoms in total. The molecule has 0 spiro atoms. The van der Waals surface area contributed by atoms with Gasteiger partial charge in [-0.3, -0.25) is 0 Å². The molecule has 0 saturated carbocycles. The van der Waals surface area contributed by atoms with Gasteiger partial charge in [-0.25, -0.2) is 4.79 Å². The van der Waals surface area contributed by atoms with Gasteiger partial charge in [0, 0.05) is 0 Å². The molecule has 3 heteroatoms. The van der Waals surface area contributed by atoms with E-state index in [9.17, 15) is 4.79 Å². The Morgan fingerprint density at radius 3 is 1.78 bits per heavy atom. The average Bonchev–Trinajstić information content (AvgIpc) is 1.62. The van der Waals surface area contributed by atoms with Gasteiger partial charge in [0.05, 0.1) is 5.41 Å². The summed E-state index contributed by atoms with van der Waals surface area (Å²) in [6.07, 6.45) is 0. The first-order chi connectivity index (χ1) is 3.48. The molecular weight excluding hydrogens is 120 g/mol. The molecule has 0 atom stereocenters. The van der Waals surface area contributed by atoms with E-state index < -0.39 is 11.4 Å². The number of hydrogen-bond acceptors (Lipinski definition) is 3. The summed E-state index contributed by atoms with van der Waals surface area (Å²) in [7, 11) is 0. The van der Waals surface area contributed by atoms with E-state index in [4.69, 9.17) is 5.26 Å². The van der Waals surface area contributed by atoms with Gasteiger partial charge in [-0.05, 0) is 20.8 Å². The van der Waals surface area contributed by atoms with E-state index >= 15 is 0 Å². The molecule has 0 saturated heterocycles. The highest BCUT2D eigenvalue weighted by atomic mass is 17.1. The van der Waals surface area contributed by atoms with Crippen molar-refractivity contribution in [1.29, 1.82) is 0 Å². The minimum Gasteiger partial charge on any atom is -0.300 e. The molecule has 0 aromatic heterocycles. The normalized spacial score (nSPS) is 9.78. The Morgan fingerprint density at radius 1 is 1.44 bits per heavy atom. The molecule has 0 aliphatic carbocycles. The highest BCUT2D eigenvalue weighted by molar-refractivity contribution is 5.74. The topological polar surface area (TPSA) is 46.5 Å². The van der Waals surface area contributed by atoms with Gasteiger partial charge in [0.25, 0.3) is 0 Å². The molecule has 0 aromatic carbocycles. The molecule has 0 fully saturated rings. The predicted molar refractivity (Wildman–Crippen MR) is 34.9 cm³/mol. The molecule has 56 valence electrons. The molecule has 0 rings (SSSR count).